The van der Waals surface area contributed by atoms with Gasteiger partial charge in [0.05, 0.1) is 24.5 Å². The summed E-state index contributed by atoms with van der Waals surface area (Å²) in [6, 6.07) is 8.32. The number of nitrogens with zero attached hydrogens (tertiary/aromatic N) is 4. The van der Waals surface area contributed by atoms with Gasteiger partial charge in [-0.05, 0) is 18.6 Å². The van der Waals surface area contributed by atoms with Crippen LogP contribution in [0.25, 0.3) is 11.1 Å². The molecule has 3 saturated heterocycles. The first kappa shape index (κ1) is 17.9. The second-order valence-electron chi connectivity index (χ2n) is 8.72. The van der Waals surface area contributed by atoms with E-state index >= 15 is 0 Å². The van der Waals surface area contributed by atoms with Gasteiger partial charge in [0.25, 0.3) is 6.01 Å². The maximum atomic E-state index is 13.5. The minimum absolute atomic E-state index is 0.0168. The number of hydrogen-bond acceptors (Lipinski definition) is 6. The van der Waals surface area contributed by atoms with Crippen molar-refractivity contribution >= 4 is 28.9 Å². The van der Waals surface area contributed by atoms with Gasteiger partial charge >= 0.3 is 0 Å². The molecule has 5 heterocycles. The number of carbonyl (C=O) groups excluding carboxylic acids is 2. The number of amides is 2. The number of fused-ring (bicyclic) bond motifs is 2. The standard InChI is InChI=1S/C22H24N4O4/c1-24-13-22-8-7-16(30-22)17(18(22)20(24)28)19(27)25-9-4-10-26(12-11-25)21-23-14-5-2-3-6-15(14)29-21/h2-3,5-8,16-18H,4,9-13H2,1H3/t16-,17-,18+,22-/m0/s1. The topological polar surface area (TPSA) is 79.1 Å². The maximum absolute atomic E-state index is 13.5. The number of carbonyl (C=O) groups is 2. The van der Waals surface area contributed by atoms with E-state index in [9.17, 15) is 9.59 Å². The number of benzene rings is 1. The summed E-state index contributed by atoms with van der Waals surface area (Å²) < 4.78 is 12.1. The van der Waals surface area contributed by atoms with Crippen LogP contribution in [-0.4, -0.2) is 78.1 Å². The average molecular weight is 408 g/mol. The Kier molecular flexibility index (Phi) is 3.78. The molecular weight excluding hydrogens is 384 g/mol. The van der Waals surface area contributed by atoms with Gasteiger partial charge in [0.2, 0.25) is 11.8 Å². The van der Waals surface area contributed by atoms with Gasteiger partial charge in [-0.25, -0.2) is 0 Å². The van der Waals surface area contributed by atoms with E-state index in [0.717, 1.165) is 24.1 Å². The van der Waals surface area contributed by atoms with E-state index in [0.29, 0.717) is 32.2 Å². The smallest absolute Gasteiger partial charge is 0.298 e. The number of rotatable bonds is 2. The Bertz CT molecular complexity index is 1030. The molecular formula is C22H24N4O4. The first-order valence-electron chi connectivity index (χ1n) is 10.6. The predicted octanol–water partition coefficient (Wildman–Crippen LogP) is 1.28. The van der Waals surface area contributed by atoms with Crippen LogP contribution >= 0.6 is 0 Å². The third-order valence-electron chi connectivity index (χ3n) is 6.94. The summed E-state index contributed by atoms with van der Waals surface area (Å²) in [7, 11) is 1.78. The van der Waals surface area contributed by atoms with Crippen LogP contribution < -0.4 is 4.90 Å². The van der Waals surface area contributed by atoms with Crippen molar-refractivity contribution in [3.8, 4) is 0 Å². The van der Waals surface area contributed by atoms with Gasteiger partial charge in [-0.2, -0.15) is 4.98 Å². The Morgan fingerprint density at radius 2 is 2.07 bits per heavy atom. The molecule has 1 aromatic carbocycles. The van der Waals surface area contributed by atoms with E-state index in [1.54, 1.807) is 11.9 Å². The number of anilines is 1. The van der Waals surface area contributed by atoms with Gasteiger partial charge in [-0.15, -0.1) is 0 Å². The zero-order chi connectivity index (χ0) is 20.5. The van der Waals surface area contributed by atoms with Gasteiger partial charge in [0.15, 0.2) is 5.58 Å². The van der Waals surface area contributed by atoms with Crippen molar-refractivity contribution < 1.29 is 18.7 Å². The molecule has 3 fully saturated rings. The monoisotopic (exact) mass is 408 g/mol. The molecule has 2 aromatic rings. The highest BCUT2D eigenvalue weighted by Gasteiger charge is 2.66. The van der Waals surface area contributed by atoms with Crippen molar-refractivity contribution in [2.45, 2.75) is 18.1 Å². The zero-order valence-corrected chi connectivity index (χ0v) is 16.9. The zero-order valence-electron chi connectivity index (χ0n) is 16.9. The third kappa shape index (κ3) is 2.46. The van der Waals surface area contributed by atoms with Crippen molar-refractivity contribution in [3.63, 3.8) is 0 Å². The molecule has 30 heavy (non-hydrogen) atoms. The van der Waals surface area contributed by atoms with Gasteiger partial charge in [-0.3, -0.25) is 9.59 Å². The van der Waals surface area contributed by atoms with Crippen LogP contribution in [0.4, 0.5) is 6.01 Å². The molecule has 2 bridgehead atoms. The predicted molar refractivity (Wildman–Crippen MR) is 109 cm³/mol. The second-order valence-corrected chi connectivity index (χ2v) is 8.72. The number of oxazole rings is 1. The molecule has 0 N–H and O–H groups in total. The molecule has 0 unspecified atom stereocenters. The van der Waals surface area contributed by atoms with Gasteiger partial charge in [0, 0.05) is 33.2 Å². The van der Waals surface area contributed by atoms with Gasteiger partial charge in [0.1, 0.15) is 11.1 Å². The molecule has 156 valence electrons. The van der Waals surface area contributed by atoms with Crippen LogP contribution in [-0.2, 0) is 14.3 Å². The molecule has 1 spiro atoms. The van der Waals surface area contributed by atoms with Crippen LogP contribution in [0.3, 0.4) is 0 Å². The van der Waals surface area contributed by atoms with Crippen LogP contribution in [0.2, 0.25) is 0 Å². The number of aromatic nitrogens is 1. The van der Waals surface area contributed by atoms with Crippen molar-refractivity contribution in [1.82, 2.24) is 14.8 Å². The summed E-state index contributed by atoms with van der Waals surface area (Å²) in [5.74, 6) is -0.785. The van der Waals surface area contributed by atoms with Gasteiger partial charge < -0.3 is 23.9 Å². The summed E-state index contributed by atoms with van der Waals surface area (Å²) in [5, 5.41) is 0. The minimum atomic E-state index is -0.618. The molecule has 8 nitrogen and oxygen atoms in total. The highest BCUT2D eigenvalue weighted by molar-refractivity contribution is 5.93. The molecule has 4 aliphatic rings. The third-order valence-corrected chi connectivity index (χ3v) is 6.94. The number of ether oxygens (including phenoxy) is 1. The summed E-state index contributed by atoms with van der Waals surface area (Å²) in [4.78, 5) is 36.5. The largest absolute Gasteiger partial charge is 0.423 e. The number of likely N-dealkylation sites (N-methyl/N-ethyl adjacent to an activating group) is 1. The number of para-hydroxylation sites is 2. The first-order chi connectivity index (χ1) is 14.6. The van der Waals surface area contributed by atoms with Crippen molar-refractivity contribution in [1.29, 1.82) is 0 Å². The Labute approximate surface area is 174 Å². The molecule has 4 atom stereocenters. The fraction of sp³-hybridized carbons (Fsp3) is 0.500. The van der Waals surface area contributed by atoms with E-state index in [2.05, 4.69) is 9.88 Å². The Morgan fingerprint density at radius 3 is 2.93 bits per heavy atom. The van der Waals surface area contributed by atoms with E-state index in [-0.39, 0.29) is 17.9 Å². The SMILES string of the molecule is CN1C[C@]23C=C[C@H](O2)[C@H](C(=O)N2CCCN(c4nc5ccccc5o4)CC2)[C@@H]3C1=O. The Morgan fingerprint density at radius 1 is 1.20 bits per heavy atom. The van der Waals surface area contributed by atoms with Crippen LogP contribution in [0.15, 0.2) is 40.8 Å². The quantitative estimate of drug-likeness (QED) is 0.697. The van der Waals surface area contributed by atoms with E-state index < -0.39 is 17.4 Å². The fourth-order valence-electron chi connectivity index (χ4n) is 5.51. The molecule has 0 radical (unpaired) electrons. The Hall–Kier alpha value is -2.87. The molecule has 4 aliphatic heterocycles. The lowest BCUT2D eigenvalue weighted by Gasteiger charge is -2.29. The average Bonchev–Trinajstić information content (AvgIpc) is 3.43. The van der Waals surface area contributed by atoms with Gasteiger partial charge in [-0.1, -0.05) is 24.3 Å². The van der Waals surface area contributed by atoms with Crippen molar-refractivity contribution in [2.75, 3.05) is 44.7 Å². The normalized spacial score (nSPS) is 32.9. The molecule has 2 amide bonds. The molecule has 1 aromatic heterocycles. The molecule has 8 heteroatoms. The highest BCUT2D eigenvalue weighted by Crippen LogP contribution is 2.52. The summed E-state index contributed by atoms with van der Waals surface area (Å²) in [6.07, 6.45) is 4.48. The fourth-order valence-corrected chi connectivity index (χ4v) is 5.51. The minimum Gasteiger partial charge on any atom is -0.423 e. The second kappa shape index (κ2) is 6.31. The van der Waals surface area contributed by atoms with Crippen LogP contribution in [0.1, 0.15) is 6.42 Å². The number of likely N-dealkylation sites (tertiary alicyclic amines) is 1. The van der Waals surface area contributed by atoms with Crippen LogP contribution in [0.5, 0.6) is 0 Å². The number of hydrogen-bond donors (Lipinski definition) is 0. The molecule has 0 aliphatic carbocycles. The summed E-state index contributed by atoms with van der Waals surface area (Å²) >= 11 is 0. The molecule has 6 rings (SSSR count). The Balaban J connectivity index is 1.20. The lowest BCUT2D eigenvalue weighted by molar-refractivity contribution is -0.142. The van der Waals surface area contributed by atoms with Crippen LogP contribution in [0, 0.1) is 11.8 Å². The maximum Gasteiger partial charge on any atom is 0.298 e. The highest BCUT2D eigenvalue weighted by atomic mass is 16.5. The van der Waals surface area contributed by atoms with E-state index in [1.807, 2.05) is 41.3 Å². The van der Waals surface area contributed by atoms with Crippen molar-refractivity contribution in [2.24, 2.45) is 11.8 Å². The van der Waals surface area contributed by atoms with E-state index in [1.165, 1.54) is 0 Å². The summed E-state index contributed by atoms with van der Waals surface area (Å²) in [5.41, 5.74) is 0.988. The first-order valence-corrected chi connectivity index (χ1v) is 10.6. The lowest BCUT2D eigenvalue weighted by Crippen LogP contribution is -2.47. The van der Waals surface area contributed by atoms with E-state index in [4.69, 9.17) is 9.15 Å². The van der Waals surface area contributed by atoms with Crippen molar-refractivity contribution in [3.05, 3.63) is 36.4 Å². The summed E-state index contributed by atoms with van der Waals surface area (Å²) in [6.45, 7) is 3.19. The molecule has 0 saturated carbocycles. The lowest BCUT2D eigenvalue weighted by atomic mass is 9.76.